The quantitative estimate of drug-likeness (QED) is 0.208. The fourth-order valence-electron chi connectivity index (χ4n) is 5.34. The van der Waals surface area contributed by atoms with Gasteiger partial charge in [0.05, 0.1) is 24.9 Å². The van der Waals surface area contributed by atoms with Crippen molar-refractivity contribution < 1.29 is 32.5 Å². The first-order chi connectivity index (χ1) is 20.9. The van der Waals surface area contributed by atoms with E-state index < -0.39 is 12.1 Å². The molecule has 1 fully saturated rings. The fraction of sp³-hybridized carbons (Fsp3) is 0.375. The number of carboxylic acids is 1. The van der Waals surface area contributed by atoms with Gasteiger partial charge in [0.2, 0.25) is 0 Å². The van der Waals surface area contributed by atoms with Gasteiger partial charge in [0.15, 0.2) is 0 Å². The molecule has 2 N–H and O–H groups in total. The molecule has 44 heavy (non-hydrogen) atoms. The van der Waals surface area contributed by atoms with Crippen molar-refractivity contribution >= 4 is 28.9 Å². The number of nitrogens with zero attached hydrogens (tertiary/aromatic N) is 3. The van der Waals surface area contributed by atoms with Gasteiger partial charge in [-0.1, -0.05) is 35.9 Å². The third-order valence-electron chi connectivity index (χ3n) is 7.82. The first kappa shape index (κ1) is 32.9. The van der Waals surface area contributed by atoms with Crippen molar-refractivity contribution in [3.05, 3.63) is 77.1 Å². The summed E-state index contributed by atoms with van der Waals surface area (Å²) in [6.07, 6.45) is 3.69. The minimum atomic E-state index is -5.08. The molecular formula is C32H36ClF3N4O4. The number of ether oxygens (including phenoxy) is 2. The lowest BCUT2D eigenvalue weighted by Gasteiger charge is -2.35. The number of aliphatic carboxylic acids is 1. The maximum absolute atomic E-state index is 10.6. The number of carbonyl (C=O) groups is 1. The second kappa shape index (κ2) is 14.2. The maximum atomic E-state index is 10.6. The number of methoxy groups -OCH3 is 2. The SMILES string of the molecule is COc1cc(OC)c(-c2cn3ccc(NC4CCC(N(C)Cc5ccccc5C)CC4)cc3n2)cc1Cl.O=C(O)C(F)(F)F. The molecule has 0 spiro atoms. The fourth-order valence-corrected chi connectivity index (χ4v) is 5.58. The standard InChI is InChI=1S/C30H35ClN4O2.C2HF3O2/c1-20-7-5-6-8-21(20)18-34(2)24-11-9-22(10-12-24)32-23-13-14-35-19-27(33-30(35)15-23)25-16-26(31)29(37-4)17-28(25)36-3;3-2(4,5)1(6)7/h5-8,13-17,19,22,24,32H,9-12,18H2,1-4H3;(H,6,7). The number of aryl methyl sites for hydroxylation is 1. The number of nitrogens with one attached hydrogen (secondary N) is 1. The van der Waals surface area contributed by atoms with Crippen molar-refractivity contribution in [3.63, 3.8) is 0 Å². The van der Waals surface area contributed by atoms with Gasteiger partial charge in [-0.2, -0.15) is 13.2 Å². The zero-order chi connectivity index (χ0) is 32.0. The normalized spacial score (nSPS) is 16.8. The van der Waals surface area contributed by atoms with Crippen molar-refractivity contribution in [2.45, 2.75) is 57.4 Å². The molecule has 8 nitrogen and oxygen atoms in total. The number of anilines is 1. The smallest absolute Gasteiger partial charge is 0.490 e. The Kier molecular flexibility index (Phi) is 10.6. The van der Waals surface area contributed by atoms with Crippen molar-refractivity contribution in [2.24, 2.45) is 0 Å². The number of halogens is 4. The minimum Gasteiger partial charge on any atom is -0.496 e. The number of rotatable bonds is 8. The van der Waals surface area contributed by atoms with Crippen LogP contribution in [0, 0.1) is 6.92 Å². The molecule has 236 valence electrons. The highest BCUT2D eigenvalue weighted by Gasteiger charge is 2.38. The number of alkyl halides is 3. The highest BCUT2D eigenvalue weighted by molar-refractivity contribution is 6.32. The molecular weight excluding hydrogens is 597 g/mol. The Balaban J connectivity index is 0.000000566. The van der Waals surface area contributed by atoms with Gasteiger partial charge in [0, 0.05) is 54.4 Å². The molecule has 0 aliphatic heterocycles. The Labute approximate surface area is 259 Å². The molecule has 0 amide bonds. The summed E-state index contributed by atoms with van der Waals surface area (Å²) in [4.78, 5) is 16.3. The molecule has 0 atom stereocenters. The first-order valence-corrected chi connectivity index (χ1v) is 14.5. The number of pyridine rings is 1. The van der Waals surface area contributed by atoms with Gasteiger partial charge in [-0.15, -0.1) is 0 Å². The van der Waals surface area contributed by atoms with Crippen LogP contribution in [0.4, 0.5) is 18.9 Å². The lowest BCUT2D eigenvalue weighted by atomic mass is 9.90. The van der Waals surface area contributed by atoms with Crippen LogP contribution >= 0.6 is 11.6 Å². The van der Waals surface area contributed by atoms with E-state index in [4.69, 9.17) is 36.0 Å². The van der Waals surface area contributed by atoms with E-state index in [2.05, 4.69) is 60.6 Å². The Morgan fingerprint density at radius 1 is 1.09 bits per heavy atom. The topological polar surface area (TPSA) is 88.3 Å². The second-order valence-corrected chi connectivity index (χ2v) is 11.2. The molecule has 4 aromatic rings. The van der Waals surface area contributed by atoms with Crippen LogP contribution in [0.2, 0.25) is 5.02 Å². The zero-order valence-corrected chi connectivity index (χ0v) is 25.7. The third-order valence-corrected chi connectivity index (χ3v) is 8.12. The largest absolute Gasteiger partial charge is 0.496 e. The molecule has 1 aliphatic rings. The molecule has 0 saturated heterocycles. The molecule has 5 rings (SSSR count). The summed E-state index contributed by atoms with van der Waals surface area (Å²) in [6, 6.07) is 17.7. The van der Waals surface area contributed by atoms with E-state index in [1.54, 1.807) is 20.3 Å². The Bertz CT molecular complexity index is 1590. The van der Waals surface area contributed by atoms with Crippen molar-refractivity contribution in [3.8, 4) is 22.8 Å². The van der Waals surface area contributed by atoms with E-state index in [1.807, 2.05) is 22.9 Å². The summed E-state index contributed by atoms with van der Waals surface area (Å²) in [7, 11) is 5.49. The molecule has 0 unspecified atom stereocenters. The van der Waals surface area contributed by atoms with Crippen LogP contribution in [0.15, 0.2) is 60.9 Å². The highest BCUT2D eigenvalue weighted by Crippen LogP contribution is 2.38. The molecule has 2 aromatic carbocycles. The summed E-state index contributed by atoms with van der Waals surface area (Å²) < 4.78 is 44.7. The molecule has 2 heterocycles. The molecule has 1 aliphatic carbocycles. The molecule has 12 heteroatoms. The van der Waals surface area contributed by atoms with E-state index in [1.165, 1.54) is 24.0 Å². The van der Waals surface area contributed by atoms with Crippen LogP contribution in [-0.4, -0.2) is 64.9 Å². The predicted octanol–water partition coefficient (Wildman–Crippen LogP) is 7.47. The maximum Gasteiger partial charge on any atom is 0.490 e. The van der Waals surface area contributed by atoms with Crippen LogP contribution in [0.25, 0.3) is 16.9 Å². The summed E-state index contributed by atoms with van der Waals surface area (Å²) in [5, 5.41) is 11.4. The van der Waals surface area contributed by atoms with Crippen molar-refractivity contribution in [1.29, 1.82) is 0 Å². The van der Waals surface area contributed by atoms with Gasteiger partial charge < -0.3 is 24.3 Å². The van der Waals surface area contributed by atoms with Gasteiger partial charge in [-0.3, -0.25) is 4.90 Å². The lowest BCUT2D eigenvalue weighted by Crippen LogP contribution is -2.38. The Hall–Kier alpha value is -3.96. The second-order valence-electron chi connectivity index (χ2n) is 10.8. The van der Waals surface area contributed by atoms with Crippen LogP contribution in [0.3, 0.4) is 0 Å². The average Bonchev–Trinajstić information content (AvgIpc) is 3.42. The van der Waals surface area contributed by atoms with E-state index in [0.29, 0.717) is 28.6 Å². The molecule has 0 radical (unpaired) electrons. The van der Waals surface area contributed by atoms with Crippen molar-refractivity contribution in [1.82, 2.24) is 14.3 Å². The summed E-state index contributed by atoms with van der Waals surface area (Å²) in [6.45, 7) is 3.21. The van der Waals surface area contributed by atoms with Crippen LogP contribution in [0.1, 0.15) is 36.8 Å². The molecule has 0 bridgehead atoms. The molecule has 1 saturated carbocycles. The number of imidazole rings is 1. The zero-order valence-electron chi connectivity index (χ0n) is 25.0. The Morgan fingerprint density at radius 2 is 1.75 bits per heavy atom. The number of carboxylic acid groups (broad SMARTS) is 1. The van der Waals surface area contributed by atoms with Gasteiger partial charge >= 0.3 is 12.1 Å². The van der Waals surface area contributed by atoms with Crippen LogP contribution < -0.4 is 14.8 Å². The van der Waals surface area contributed by atoms with E-state index in [0.717, 1.165) is 42.0 Å². The van der Waals surface area contributed by atoms with E-state index in [9.17, 15) is 13.2 Å². The van der Waals surface area contributed by atoms with E-state index in [-0.39, 0.29) is 0 Å². The summed E-state index contributed by atoms with van der Waals surface area (Å²) in [5.41, 5.74) is 6.40. The third kappa shape index (κ3) is 8.15. The monoisotopic (exact) mass is 632 g/mol. The number of benzene rings is 2. The van der Waals surface area contributed by atoms with Crippen LogP contribution in [0.5, 0.6) is 11.5 Å². The van der Waals surface area contributed by atoms with Gasteiger partial charge in [0.25, 0.3) is 0 Å². The predicted molar refractivity (Wildman–Crippen MR) is 165 cm³/mol. The van der Waals surface area contributed by atoms with Gasteiger partial charge in [-0.05, 0) is 62.9 Å². The Morgan fingerprint density at radius 3 is 2.36 bits per heavy atom. The number of hydrogen-bond donors (Lipinski definition) is 2. The lowest BCUT2D eigenvalue weighted by molar-refractivity contribution is -0.192. The number of aromatic nitrogens is 2. The van der Waals surface area contributed by atoms with E-state index >= 15 is 0 Å². The average molecular weight is 633 g/mol. The van der Waals surface area contributed by atoms with Gasteiger partial charge in [-0.25, -0.2) is 9.78 Å². The first-order valence-electron chi connectivity index (χ1n) is 14.1. The summed E-state index contributed by atoms with van der Waals surface area (Å²) in [5.74, 6) is -1.51. The minimum absolute atomic E-state index is 0.473. The summed E-state index contributed by atoms with van der Waals surface area (Å²) >= 11 is 6.39. The number of fused-ring (bicyclic) bond motifs is 1. The number of hydrogen-bond acceptors (Lipinski definition) is 6. The highest BCUT2D eigenvalue weighted by atomic mass is 35.5. The van der Waals surface area contributed by atoms with Gasteiger partial charge in [0.1, 0.15) is 17.1 Å². The molecule has 2 aromatic heterocycles. The van der Waals surface area contributed by atoms with Crippen molar-refractivity contribution in [2.75, 3.05) is 26.6 Å². The van der Waals surface area contributed by atoms with Crippen LogP contribution in [-0.2, 0) is 11.3 Å².